The van der Waals surface area contributed by atoms with E-state index in [0.29, 0.717) is 13.0 Å². The highest BCUT2D eigenvalue weighted by Gasteiger charge is 2.47. The Morgan fingerprint density at radius 1 is 1.33 bits per heavy atom. The van der Waals surface area contributed by atoms with Gasteiger partial charge in [0.2, 0.25) is 11.8 Å². The summed E-state index contributed by atoms with van der Waals surface area (Å²) in [6, 6.07) is 7.84. The first-order chi connectivity index (χ1) is 14.1. The number of nitrogens with one attached hydrogen (secondary N) is 1. The highest BCUT2D eigenvalue weighted by atomic mass is 16.5. The molecule has 1 aliphatic carbocycles. The molecule has 2 heterocycles. The van der Waals surface area contributed by atoms with Crippen LogP contribution in [0.3, 0.4) is 0 Å². The molecule has 0 bridgehead atoms. The van der Waals surface area contributed by atoms with Crippen molar-refractivity contribution < 1.29 is 14.3 Å². The third-order valence-corrected chi connectivity index (χ3v) is 6.61. The number of para-hydroxylation sites is 1. The van der Waals surface area contributed by atoms with Gasteiger partial charge in [0.15, 0.2) is 5.96 Å². The lowest BCUT2D eigenvalue weighted by atomic mass is 9.86. The summed E-state index contributed by atoms with van der Waals surface area (Å²) in [7, 11) is 0. The quantitative estimate of drug-likeness (QED) is 0.777. The van der Waals surface area contributed by atoms with E-state index in [1.54, 1.807) is 4.90 Å². The van der Waals surface area contributed by atoms with E-state index in [1.807, 2.05) is 38.1 Å². The number of benzene rings is 1. The largest absolute Gasteiger partial charge is 0.487 e. The van der Waals surface area contributed by atoms with E-state index < -0.39 is 5.54 Å². The second-order valence-corrected chi connectivity index (χ2v) is 9.77. The summed E-state index contributed by atoms with van der Waals surface area (Å²) in [6.45, 7) is 8.45. The van der Waals surface area contributed by atoms with Crippen LogP contribution < -0.4 is 15.8 Å². The van der Waals surface area contributed by atoms with Crippen LogP contribution in [0, 0.1) is 11.8 Å². The first-order valence-corrected chi connectivity index (χ1v) is 10.8. The van der Waals surface area contributed by atoms with Gasteiger partial charge in [-0.1, -0.05) is 25.1 Å². The predicted octanol–water partition coefficient (Wildman–Crippen LogP) is 2.76. The van der Waals surface area contributed by atoms with E-state index in [-0.39, 0.29) is 41.3 Å². The van der Waals surface area contributed by atoms with Crippen molar-refractivity contribution in [2.45, 2.75) is 70.6 Å². The molecule has 1 fully saturated rings. The molecule has 2 aliphatic heterocycles. The van der Waals surface area contributed by atoms with Crippen molar-refractivity contribution in [1.82, 2.24) is 10.2 Å². The van der Waals surface area contributed by atoms with E-state index in [0.717, 1.165) is 30.6 Å². The van der Waals surface area contributed by atoms with Gasteiger partial charge < -0.3 is 15.8 Å². The van der Waals surface area contributed by atoms with Gasteiger partial charge in [-0.05, 0) is 45.6 Å². The number of aliphatic imine (C=N–C) groups is 1. The molecule has 3 aliphatic rings. The molecule has 1 saturated carbocycles. The van der Waals surface area contributed by atoms with Gasteiger partial charge in [0.05, 0.1) is 18.0 Å². The molecule has 1 aromatic rings. The Morgan fingerprint density at radius 2 is 2.07 bits per heavy atom. The Labute approximate surface area is 178 Å². The van der Waals surface area contributed by atoms with E-state index in [9.17, 15) is 9.59 Å². The number of guanidine groups is 1. The van der Waals surface area contributed by atoms with E-state index in [1.165, 1.54) is 0 Å². The zero-order chi connectivity index (χ0) is 21.7. The topological polar surface area (TPSA) is 97.0 Å². The molecule has 4 atom stereocenters. The predicted molar refractivity (Wildman–Crippen MR) is 115 cm³/mol. The van der Waals surface area contributed by atoms with Crippen molar-refractivity contribution in [3.05, 3.63) is 29.8 Å². The molecule has 3 N–H and O–H groups in total. The maximum Gasteiger partial charge on any atom is 0.231 e. The Morgan fingerprint density at radius 3 is 2.77 bits per heavy atom. The van der Waals surface area contributed by atoms with Crippen LogP contribution in [0.5, 0.6) is 5.75 Å². The van der Waals surface area contributed by atoms with Crippen molar-refractivity contribution in [1.29, 1.82) is 0 Å². The fourth-order valence-corrected chi connectivity index (χ4v) is 4.54. The van der Waals surface area contributed by atoms with Crippen LogP contribution in [0.4, 0.5) is 0 Å². The molecule has 1 aromatic carbocycles. The smallest absolute Gasteiger partial charge is 0.231 e. The first-order valence-electron chi connectivity index (χ1n) is 10.8. The van der Waals surface area contributed by atoms with Gasteiger partial charge in [-0.3, -0.25) is 14.5 Å². The van der Waals surface area contributed by atoms with Crippen LogP contribution in [-0.2, 0) is 9.59 Å². The van der Waals surface area contributed by atoms with Crippen LogP contribution in [0.2, 0.25) is 0 Å². The number of hydrogen-bond acceptors (Lipinski definition) is 5. The molecule has 0 spiro atoms. The lowest BCUT2D eigenvalue weighted by molar-refractivity contribution is -0.130. The Kier molecular flexibility index (Phi) is 5.03. The van der Waals surface area contributed by atoms with Crippen LogP contribution in [-0.4, -0.2) is 40.4 Å². The zero-order valence-electron chi connectivity index (χ0n) is 18.3. The average molecular weight is 413 g/mol. The molecule has 162 valence electrons. The fourth-order valence-electron chi connectivity index (χ4n) is 4.54. The van der Waals surface area contributed by atoms with Gasteiger partial charge in [-0.2, -0.15) is 0 Å². The summed E-state index contributed by atoms with van der Waals surface area (Å²) in [6.07, 6.45) is 2.71. The normalized spacial score (nSPS) is 32.0. The second-order valence-electron chi connectivity index (χ2n) is 9.77. The minimum absolute atomic E-state index is 0.0179. The van der Waals surface area contributed by atoms with Crippen molar-refractivity contribution in [2.75, 3.05) is 6.54 Å². The summed E-state index contributed by atoms with van der Waals surface area (Å²) in [5.74, 6) is 1.16. The molecule has 2 amide bonds. The van der Waals surface area contributed by atoms with Gasteiger partial charge >= 0.3 is 0 Å². The van der Waals surface area contributed by atoms with Gasteiger partial charge in [0.1, 0.15) is 11.4 Å². The Bertz CT molecular complexity index is 896. The molecular formula is C23H32N4O3. The van der Waals surface area contributed by atoms with Crippen molar-refractivity contribution in [2.24, 2.45) is 22.6 Å². The summed E-state index contributed by atoms with van der Waals surface area (Å²) >= 11 is 0. The number of amides is 2. The summed E-state index contributed by atoms with van der Waals surface area (Å²) < 4.78 is 6.20. The molecule has 0 aromatic heterocycles. The van der Waals surface area contributed by atoms with Gasteiger partial charge in [0, 0.05) is 24.4 Å². The van der Waals surface area contributed by atoms with Crippen LogP contribution >= 0.6 is 0 Å². The monoisotopic (exact) mass is 412 g/mol. The fraction of sp³-hybridized carbons (Fsp3) is 0.609. The molecule has 0 saturated heterocycles. The number of carbonyl (C=O) groups excluding carboxylic acids is 2. The van der Waals surface area contributed by atoms with E-state index >= 15 is 0 Å². The lowest BCUT2D eigenvalue weighted by Crippen LogP contribution is -2.50. The standard InChI is InChI=1S/C23H32N4O3/c1-5-23(4)11-17(15-8-6-7-9-18(15)30-23)25-20(29)16-10-14(16)13-27-19(28)12-22(2,3)26-21(27)24/h6-9,14,16-17H,5,10-13H2,1-4H3,(H2,24,26)(H,25,29)/t14-,16+,17+,23?/m1/s1. The maximum absolute atomic E-state index is 13.0. The third-order valence-electron chi connectivity index (χ3n) is 6.61. The van der Waals surface area contributed by atoms with Gasteiger partial charge in [-0.25, -0.2) is 4.99 Å². The third kappa shape index (κ3) is 4.02. The number of carbonyl (C=O) groups is 2. The van der Waals surface area contributed by atoms with Crippen LogP contribution in [0.25, 0.3) is 0 Å². The molecule has 30 heavy (non-hydrogen) atoms. The van der Waals surface area contributed by atoms with Crippen molar-refractivity contribution in [3.8, 4) is 5.75 Å². The van der Waals surface area contributed by atoms with E-state index in [2.05, 4.69) is 24.2 Å². The number of hydrogen-bond donors (Lipinski definition) is 2. The Hall–Kier alpha value is -2.57. The number of fused-ring (bicyclic) bond motifs is 1. The first kappa shape index (κ1) is 20.7. The highest BCUT2D eigenvalue weighted by Crippen LogP contribution is 2.44. The number of nitrogens with zero attached hydrogens (tertiary/aromatic N) is 2. The Balaban J connectivity index is 1.41. The molecule has 1 unspecified atom stereocenters. The summed E-state index contributed by atoms with van der Waals surface area (Å²) in [5, 5.41) is 3.25. The second kappa shape index (κ2) is 7.29. The average Bonchev–Trinajstić information content (AvgIpc) is 3.43. The lowest BCUT2D eigenvalue weighted by Gasteiger charge is -2.39. The zero-order valence-corrected chi connectivity index (χ0v) is 18.3. The SMILES string of the molecule is CCC1(C)C[C@H](NC(=O)[C@H]2C[C@@H]2CN2C(=O)CC(C)(C)N=C2N)c2ccccc2O1. The van der Waals surface area contributed by atoms with E-state index in [4.69, 9.17) is 10.5 Å². The summed E-state index contributed by atoms with van der Waals surface area (Å²) in [4.78, 5) is 31.4. The maximum atomic E-state index is 13.0. The molecule has 4 rings (SSSR count). The van der Waals surface area contributed by atoms with Crippen molar-refractivity contribution in [3.63, 3.8) is 0 Å². The molecular weight excluding hydrogens is 380 g/mol. The molecule has 7 nitrogen and oxygen atoms in total. The molecule has 7 heteroatoms. The van der Waals surface area contributed by atoms with Gasteiger partial charge in [0.25, 0.3) is 0 Å². The highest BCUT2D eigenvalue weighted by molar-refractivity contribution is 5.99. The van der Waals surface area contributed by atoms with Gasteiger partial charge in [-0.15, -0.1) is 0 Å². The minimum atomic E-state index is -0.458. The summed E-state index contributed by atoms with van der Waals surface area (Å²) in [5.41, 5.74) is 6.30. The number of ether oxygens (including phenoxy) is 1. The van der Waals surface area contributed by atoms with Crippen molar-refractivity contribution >= 4 is 17.8 Å². The number of nitrogens with two attached hydrogens (primary N) is 1. The minimum Gasteiger partial charge on any atom is -0.487 e. The number of rotatable bonds is 5. The van der Waals surface area contributed by atoms with Crippen LogP contribution in [0.1, 0.15) is 65.0 Å². The van der Waals surface area contributed by atoms with Crippen LogP contribution in [0.15, 0.2) is 29.3 Å². The molecule has 0 radical (unpaired) electrons.